The third-order valence-corrected chi connectivity index (χ3v) is 5.73. The molecule has 1 fully saturated rings. The Bertz CT molecular complexity index is 683. The van der Waals surface area contributed by atoms with E-state index < -0.39 is 9.84 Å². The maximum absolute atomic E-state index is 12.0. The summed E-state index contributed by atoms with van der Waals surface area (Å²) in [6.07, 6.45) is 0. The third kappa shape index (κ3) is 3.52. The lowest BCUT2D eigenvalue weighted by molar-refractivity contribution is 0.506. The van der Waals surface area contributed by atoms with Crippen LogP contribution >= 0.6 is 0 Å². The average Bonchev–Trinajstić information content (AvgIpc) is 2.82. The van der Waals surface area contributed by atoms with Gasteiger partial charge in [0.15, 0.2) is 9.84 Å². The zero-order chi connectivity index (χ0) is 14.7. The van der Waals surface area contributed by atoms with Crippen molar-refractivity contribution in [2.75, 3.05) is 11.5 Å². The van der Waals surface area contributed by atoms with Crippen molar-refractivity contribution in [1.82, 2.24) is 5.32 Å². The molecular weight excluding hydrogens is 282 g/mol. The van der Waals surface area contributed by atoms with Gasteiger partial charge in [0.2, 0.25) is 0 Å². The highest BCUT2D eigenvalue weighted by Gasteiger charge is 2.37. The lowest BCUT2D eigenvalue weighted by atomic mass is 9.94. The smallest absolute Gasteiger partial charge is 0.152 e. The summed E-state index contributed by atoms with van der Waals surface area (Å²) in [4.78, 5) is 0. The Morgan fingerprint density at radius 2 is 1.52 bits per heavy atom. The first-order chi connectivity index (χ1) is 10.1. The van der Waals surface area contributed by atoms with Crippen LogP contribution in [0, 0.1) is 0 Å². The summed E-state index contributed by atoms with van der Waals surface area (Å²) in [6.45, 7) is 0.699. The second kappa shape index (κ2) is 6.00. The van der Waals surface area contributed by atoms with Crippen molar-refractivity contribution in [3.8, 4) is 0 Å². The molecule has 110 valence electrons. The maximum atomic E-state index is 12.0. The summed E-state index contributed by atoms with van der Waals surface area (Å²) in [5.74, 6) is 0.503. The summed E-state index contributed by atoms with van der Waals surface area (Å²) in [5, 5.41) is 3.42. The van der Waals surface area contributed by atoms with Gasteiger partial charge in [-0.15, -0.1) is 0 Å². The van der Waals surface area contributed by atoms with E-state index in [0.29, 0.717) is 6.54 Å². The van der Waals surface area contributed by atoms with Crippen LogP contribution in [0.25, 0.3) is 0 Å². The SMILES string of the molecule is O=S1(=O)C[C@H](NCc2ccccc2)[C@@H](c2ccccc2)C1. The minimum absolute atomic E-state index is 0.0161. The molecule has 1 saturated heterocycles. The third-order valence-electron chi connectivity index (χ3n) is 3.99. The van der Waals surface area contributed by atoms with Crippen molar-refractivity contribution in [1.29, 1.82) is 0 Å². The summed E-state index contributed by atoms with van der Waals surface area (Å²) < 4.78 is 24.0. The Labute approximate surface area is 125 Å². The van der Waals surface area contributed by atoms with Crippen LogP contribution in [0.15, 0.2) is 60.7 Å². The largest absolute Gasteiger partial charge is 0.308 e. The number of benzene rings is 2. The lowest BCUT2D eigenvalue weighted by Crippen LogP contribution is -2.34. The summed E-state index contributed by atoms with van der Waals surface area (Å²) in [5.41, 5.74) is 2.28. The van der Waals surface area contributed by atoms with Crippen molar-refractivity contribution < 1.29 is 8.42 Å². The van der Waals surface area contributed by atoms with E-state index in [1.807, 2.05) is 60.7 Å². The fourth-order valence-electron chi connectivity index (χ4n) is 2.92. The number of sulfone groups is 1. The Kier molecular flexibility index (Phi) is 4.08. The Morgan fingerprint density at radius 3 is 2.19 bits per heavy atom. The lowest BCUT2D eigenvalue weighted by Gasteiger charge is -2.20. The maximum Gasteiger partial charge on any atom is 0.152 e. The minimum Gasteiger partial charge on any atom is -0.308 e. The average molecular weight is 301 g/mol. The molecule has 0 unspecified atom stereocenters. The van der Waals surface area contributed by atoms with E-state index in [0.717, 1.165) is 5.56 Å². The van der Waals surface area contributed by atoms with Gasteiger partial charge in [0.05, 0.1) is 11.5 Å². The highest BCUT2D eigenvalue weighted by atomic mass is 32.2. The van der Waals surface area contributed by atoms with E-state index in [2.05, 4.69) is 5.32 Å². The summed E-state index contributed by atoms with van der Waals surface area (Å²) >= 11 is 0. The second-order valence-electron chi connectivity index (χ2n) is 5.57. The van der Waals surface area contributed by atoms with E-state index in [1.54, 1.807) is 0 Å². The van der Waals surface area contributed by atoms with Gasteiger partial charge < -0.3 is 5.32 Å². The van der Waals surface area contributed by atoms with Crippen molar-refractivity contribution in [3.05, 3.63) is 71.8 Å². The number of hydrogen-bond donors (Lipinski definition) is 1. The standard InChI is InChI=1S/C17H19NO2S/c19-21(20)12-16(15-9-5-2-6-10-15)17(13-21)18-11-14-7-3-1-4-8-14/h1-10,16-18H,11-13H2/t16-,17+/m1/s1. The highest BCUT2D eigenvalue weighted by molar-refractivity contribution is 7.91. The van der Waals surface area contributed by atoms with Gasteiger partial charge >= 0.3 is 0 Å². The normalized spacial score (nSPS) is 24.0. The van der Waals surface area contributed by atoms with Crippen LogP contribution in [0.5, 0.6) is 0 Å². The molecule has 1 N–H and O–H groups in total. The quantitative estimate of drug-likeness (QED) is 0.943. The van der Waals surface area contributed by atoms with Crippen LogP contribution in [0.1, 0.15) is 17.0 Å². The van der Waals surface area contributed by atoms with Gasteiger partial charge in [-0.2, -0.15) is 0 Å². The number of nitrogens with one attached hydrogen (secondary N) is 1. The van der Waals surface area contributed by atoms with Crippen molar-refractivity contribution in [2.24, 2.45) is 0 Å². The number of rotatable bonds is 4. The van der Waals surface area contributed by atoms with Crippen LogP contribution in [-0.2, 0) is 16.4 Å². The Hall–Kier alpha value is -1.65. The van der Waals surface area contributed by atoms with Gasteiger partial charge in [0.25, 0.3) is 0 Å². The molecule has 2 atom stereocenters. The molecule has 0 saturated carbocycles. The molecule has 0 spiro atoms. The van der Waals surface area contributed by atoms with Gasteiger partial charge in [-0.3, -0.25) is 0 Å². The number of hydrogen-bond acceptors (Lipinski definition) is 3. The topological polar surface area (TPSA) is 46.2 Å². The van der Waals surface area contributed by atoms with Gasteiger partial charge in [0, 0.05) is 18.5 Å². The zero-order valence-electron chi connectivity index (χ0n) is 11.8. The minimum atomic E-state index is -2.96. The van der Waals surface area contributed by atoms with E-state index in [4.69, 9.17) is 0 Å². The molecule has 0 bridgehead atoms. The van der Waals surface area contributed by atoms with Gasteiger partial charge in [-0.05, 0) is 11.1 Å². The molecular formula is C17H19NO2S. The van der Waals surface area contributed by atoms with E-state index >= 15 is 0 Å². The second-order valence-corrected chi connectivity index (χ2v) is 7.72. The van der Waals surface area contributed by atoms with Crippen LogP contribution in [0.4, 0.5) is 0 Å². The molecule has 2 aromatic rings. The van der Waals surface area contributed by atoms with Crippen LogP contribution in [-0.4, -0.2) is 26.0 Å². The molecule has 0 radical (unpaired) electrons. The summed E-state index contributed by atoms with van der Waals surface area (Å²) in [6, 6.07) is 20.0. The first-order valence-corrected chi connectivity index (χ1v) is 8.99. The molecule has 4 heteroatoms. The summed E-state index contributed by atoms with van der Waals surface area (Å²) in [7, 11) is -2.96. The van der Waals surface area contributed by atoms with Crippen LogP contribution < -0.4 is 5.32 Å². The molecule has 3 rings (SSSR count). The monoisotopic (exact) mass is 301 g/mol. The molecule has 0 aromatic heterocycles. The van der Waals surface area contributed by atoms with Gasteiger partial charge in [-0.25, -0.2) is 8.42 Å². The van der Waals surface area contributed by atoms with Gasteiger partial charge in [0.1, 0.15) is 0 Å². The molecule has 1 heterocycles. The molecule has 1 aliphatic heterocycles. The molecule has 0 aliphatic carbocycles. The fraction of sp³-hybridized carbons (Fsp3) is 0.294. The van der Waals surface area contributed by atoms with E-state index in [9.17, 15) is 8.42 Å². The first-order valence-electron chi connectivity index (χ1n) is 7.17. The van der Waals surface area contributed by atoms with E-state index in [-0.39, 0.29) is 23.5 Å². The fourth-order valence-corrected chi connectivity index (χ4v) is 4.93. The Morgan fingerprint density at radius 1 is 0.905 bits per heavy atom. The molecule has 2 aromatic carbocycles. The molecule has 21 heavy (non-hydrogen) atoms. The van der Waals surface area contributed by atoms with Crippen molar-refractivity contribution in [3.63, 3.8) is 0 Å². The first kappa shape index (κ1) is 14.3. The molecule has 3 nitrogen and oxygen atoms in total. The molecule has 0 amide bonds. The van der Waals surface area contributed by atoms with Gasteiger partial charge in [-0.1, -0.05) is 60.7 Å². The Balaban J connectivity index is 1.76. The van der Waals surface area contributed by atoms with Crippen LogP contribution in [0.3, 0.4) is 0 Å². The van der Waals surface area contributed by atoms with Crippen molar-refractivity contribution >= 4 is 9.84 Å². The highest BCUT2D eigenvalue weighted by Crippen LogP contribution is 2.29. The predicted octanol–water partition coefficient (Wildman–Crippen LogP) is 2.36. The van der Waals surface area contributed by atoms with E-state index in [1.165, 1.54) is 5.56 Å². The van der Waals surface area contributed by atoms with Crippen LogP contribution in [0.2, 0.25) is 0 Å². The zero-order valence-corrected chi connectivity index (χ0v) is 12.6. The molecule has 1 aliphatic rings. The predicted molar refractivity (Wildman–Crippen MR) is 84.9 cm³/mol. The van der Waals surface area contributed by atoms with Crippen molar-refractivity contribution in [2.45, 2.75) is 18.5 Å².